The van der Waals surface area contributed by atoms with Gasteiger partial charge >= 0.3 is 0 Å². The van der Waals surface area contributed by atoms with Crippen LogP contribution in [0.25, 0.3) is 0 Å². The van der Waals surface area contributed by atoms with Crippen molar-refractivity contribution in [1.29, 1.82) is 0 Å². The van der Waals surface area contributed by atoms with Gasteiger partial charge in [-0.25, -0.2) is 4.99 Å². The summed E-state index contributed by atoms with van der Waals surface area (Å²) in [7, 11) is 0. The highest BCUT2D eigenvalue weighted by Crippen LogP contribution is 2.23. The Hall–Kier alpha value is -0.530. The minimum atomic E-state index is 0. The molecule has 1 saturated carbocycles. The van der Waals surface area contributed by atoms with E-state index in [1.54, 1.807) is 0 Å². The van der Waals surface area contributed by atoms with Crippen LogP contribution in [-0.2, 0) is 4.79 Å². The molecule has 0 radical (unpaired) electrons. The number of rotatable bonds is 4. The van der Waals surface area contributed by atoms with Crippen LogP contribution in [0.2, 0.25) is 0 Å². The fourth-order valence-corrected chi connectivity index (χ4v) is 3.13. The average Bonchev–Trinajstić information content (AvgIpc) is 3.01. The Morgan fingerprint density at radius 2 is 1.82 bits per heavy atom. The summed E-state index contributed by atoms with van der Waals surface area (Å²) in [6.45, 7) is 7.27. The molecule has 0 spiro atoms. The van der Waals surface area contributed by atoms with Gasteiger partial charge in [0.2, 0.25) is 5.91 Å². The van der Waals surface area contributed by atoms with Gasteiger partial charge in [0.05, 0.1) is 0 Å². The summed E-state index contributed by atoms with van der Waals surface area (Å²) in [5, 5.41) is 6.75. The zero-order valence-corrected chi connectivity index (χ0v) is 16.3. The molecule has 0 unspecified atom stereocenters. The summed E-state index contributed by atoms with van der Waals surface area (Å²) >= 11 is 0. The summed E-state index contributed by atoms with van der Waals surface area (Å²) in [4.78, 5) is 18.5. The Morgan fingerprint density at radius 1 is 1.18 bits per heavy atom. The lowest BCUT2D eigenvalue weighted by Gasteiger charge is -2.28. The predicted octanol–water partition coefficient (Wildman–Crippen LogP) is 2.36. The Labute approximate surface area is 151 Å². The molecule has 5 nitrogen and oxygen atoms in total. The van der Waals surface area contributed by atoms with Crippen LogP contribution in [-0.4, -0.2) is 49.0 Å². The van der Waals surface area contributed by atoms with E-state index in [9.17, 15) is 4.79 Å². The zero-order valence-electron chi connectivity index (χ0n) is 13.9. The third kappa shape index (κ3) is 6.30. The fraction of sp³-hybridized carbons (Fsp3) is 0.875. The standard InChI is InChI=1S/C16H30N4O.HI/c1-3-17-16(19-14-8-6-13(2)7-9-14)18-12-15(21)20-10-4-5-11-20;/h13-14H,3-12H2,1-2H3,(H2,17,18,19);1H. The maximum absolute atomic E-state index is 12.1. The number of carbonyl (C=O) groups is 1. The number of halogens is 1. The van der Waals surface area contributed by atoms with Crippen LogP contribution in [0.3, 0.4) is 0 Å². The molecule has 2 N–H and O–H groups in total. The first-order valence-electron chi connectivity index (χ1n) is 8.51. The van der Waals surface area contributed by atoms with E-state index in [4.69, 9.17) is 0 Å². The summed E-state index contributed by atoms with van der Waals surface area (Å²) in [6.07, 6.45) is 7.23. The van der Waals surface area contributed by atoms with Crippen molar-refractivity contribution < 1.29 is 4.79 Å². The first-order chi connectivity index (χ1) is 10.2. The number of nitrogens with zero attached hydrogens (tertiary/aromatic N) is 2. The highest BCUT2D eigenvalue weighted by molar-refractivity contribution is 14.0. The summed E-state index contributed by atoms with van der Waals surface area (Å²) in [5.41, 5.74) is 0. The molecule has 2 fully saturated rings. The first-order valence-corrected chi connectivity index (χ1v) is 8.51. The van der Waals surface area contributed by atoms with E-state index in [2.05, 4.69) is 29.5 Å². The highest BCUT2D eigenvalue weighted by Gasteiger charge is 2.20. The third-order valence-corrected chi connectivity index (χ3v) is 4.53. The van der Waals surface area contributed by atoms with Crippen molar-refractivity contribution in [2.75, 3.05) is 26.2 Å². The highest BCUT2D eigenvalue weighted by atomic mass is 127. The number of aliphatic imine (C=N–C) groups is 1. The maximum atomic E-state index is 12.1. The van der Waals surface area contributed by atoms with E-state index in [-0.39, 0.29) is 36.4 Å². The van der Waals surface area contributed by atoms with Crippen LogP contribution in [0, 0.1) is 5.92 Å². The molecule has 0 aromatic heterocycles. The molecule has 6 heteroatoms. The molecule has 1 amide bonds. The van der Waals surface area contributed by atoms with Gasteiger partial charge in [-0.15, -0.1) is 24.0 Å². The second-order valence-electron chi connectivity index (χ2n) is 6.38. The van der Waals surface area contributed by atoms with E-state index in [0.717, 1.165) is 44.4 Å². The van der Waals surface area contributed by atoms with Gasteiger partial charge in [-0.05, 0) is 51.4 Å². The molecule has 0 aromatic rings. The molecule has 0 aromatic carbocycles. The van der Waals surface area contributed by atoms with E-state index in [1.165, 1.54) is 25.7 Å². The number of amides is 1. The van der Waals surface area contributed by atoms with E-state index in [0.29, 0.717) is 6.04 Å². The van der Waals surface area contributed by atoms with Crippen LogP contribution in [0.4, 0.5) is 0 Å². The molecule has 1 heterocycles. The SMILES string of the molecule is CCNC(=NCC(=O)N1CCCC1)NC1CCC(C)CC1.I. The van der Waals surface area contributed by atoms with Crippen molar-refractivity contribution in [3.63, 3.8) is 0 Å². The van der Waals surface area contributed by atoms with Crippen molar-refractivity contribution in [3.8, 4) is 0 Å². The number of hydrogen-bond acceptors (Lipinski definition) is 2. The van der Waals surface area contributed by atoms with Crippen LogP contribution in [0.1, 0.15) is 52.4 Å². The molecule has 128 valence electrons. The number of nitrogens with one attached hydrogen (secondary N) is 2. The van der Waals surface area contributed by atoms with Crippen molar-refractivity contribution in [2.45, 2.75) is 58.4 Å². The molecule has 1 aliphatic carbocycles. The topological polar surface area (TPSA) is 56.7 Å². The van der Waals surface area contributed by atoms with Crippen LogP contribution in [0.5, 0.6) is 0 Å². The van der Waals surface area contributed by atoms with Crippen molar-refractivity contribution in [1.82, 2.24) is 15.5 Å². The largest absolute Gasteiger partial charge is 0.357 e. The van der Waals surface area contributed by atoms with E-state index >= 15 is 0 Å². The quantitative estimate of drug-likeness (QED) is 0.416. The number of carbonyl (C=O) groups excluding carboxylic acids is 1. The van der Waals surface area contributed by atoms with Gasteiger partial charge in [0.1, 0.15) is 6.54 Å². The van der Waals surface area contributed by atoms with Crippen molar-refractivity contribution in [2.24, 2.45) is 10.9 Å². The molecule has 1 aliphatic heterocycles. The predicted molar refractivity (Wildman–Crippen MR) is 102 cm³/mol. The van der Waals surface area contributed by atoms with Crippen LogP contribution < -0.4 is 10.6 Å². The summed E-state index contributed by atoms with van der Waals surface area (Å²) in [6, 6.07) is 0.501. The van der Waals surface area contributed by atoms with E-state index in [1.807, 2.05) is 4.90 Å². The van der Waals surface area contributed by atoms with Crippen molar-refractivity contribution in [3.05, 3.63) is 0 Å². The minimum absolute atomic E-state index is 0. The second-order valence-corrected chi connectivity index (χ2v) is 6.38. The van der Waals surface area contributed by atoms with Crippen molar-refractivity contribution >= 4 is 35.8 Å². The Bertz CT molecular complexity index is 361. The molecular formula is C16H31IN4O. The molecule has 2 rings (SSSR count). The Morgan fingerprint density at radius 3 is 2.41 bits per heavy atom. The lowest BCUT2D eigenvalue weighted by atomic mass is 9.87. The van der Waals surface area contributed by atoms with Gasteiger partial charge < -0.3 is 15.5 Å². The molecule has 22 heavy (non-hydrogen) atoms. The third-order valence-electron chi connectivity index (χ3n) is 4.53. The minimum Gasteiger partial charge on any atom is -0.357 e. The maximum Gasteiger partial charge on any atom is 0.244 e. The smallest absolute Gasteiger partial charge is 0.244 e. The molecular weight excluding hydrogens is 391 g/mol. The lowest BCUT2D eigenvalue weighted by Crippen LogP contribution is -2.45. The molecule has 2 aliphatic rings. The van der Waals surface area contributed by atoms with Gasteiger partial charge in [-0.3, -0.25) is 4.79 Å². The zero-order chi connectivity index (χ0) is 15.1. The van der Waals surface area contributed by atoms with E-state index < -0.39 is 0 Å². The summed E-state index contributed by atoms with van der Waals surface area (Å²) in [5.74, 6) is 1.80. The summed E-state index contributed by atoms with van der Waals surface area (Å²) < 4.78 is 0. The fourth-order valence-electron chi connectivity index (χ4n) is 3.13. The number of hydrogen-bond donors (Lipinski definition) is 2. The molecule has 1 saturated heterocycles. The second kappa shape index (κ2) is 10.3. The molecule has 0 atom stereocenters. The monoisotopic (exact) mass is 422 g/mol. The lowest BCUT2D eigenvalue weighted by molar-refractivity contribution is -0.128. The van der Waals surface area contributed by atoms with Gasteiger partial charge in [0.25, 0.3) is 0 Å². The van der Waals surface area contributed by atoms with Crippen LogP contribution in [0.15, 0.2) is 4.99 Å². The molecule has 0 bridgehead atoms. The van der Waals surface area contributed by atoms with Gasteiger partial charge in [-0.1, -0.05) is 6.92 Å². The number of likely N-dealkylation sites (tertiary alicyclic amines) is 1. The van der Waals surface area contributed by atoms with Gasteiger partial charge in [-0.2, -0.15) is 0 Å². The number of guanidine groups is 1. The van der Waals surface area contributed by atoms with Crippen LogP contribution >= 0.6 is 24.0 Å². The normalized spacial score (nSPS) is 25.5. The average molecular weight is 422 g/mol. The van der Waals surface area contributed by atoms with Gasteiger partial charge in [0.15, 0.2) is 5.96 Å². The van der Waals surface area contributed by atoms with Gasteiger partial charge in [0, 0.05) is 25.7 Å². The Balaban J connectivity index is 0.00000242. The first kappa shape index (κ1) is 19.5. The Kier molecular flexibility index (Phi) is 9.12.